The number of morpholine rings is 1. The van der Waals surface area contributed by atoms with Gasteiger partial charge in [0.25, 0.3) is 0 Å². The van der Waals surface area contributed by atoms with E-state index >= 15 is 0 Å². The van der Waals surface area contributed by atoms with Crippen LogP contribution in [0, 0.1) is 0 Å². The van der Waals surface area contributed by atoms with Crippen molar-refractivity contribution < 1.29 is 14.3 Å². The minimum atomic E-state index is -0.241. The van der Waals surface area contributed by atoms with Crippen LogP contribution in [0.5, 0.6) is 0 Å². The number of carbonyl (C=O) groups excluding carboxylic acids is 2. The van der Waals surface area contributed by atoms with Crippen molar-refractivity contribution in [2.45, 2.75) is 25.3 Å². The molecule has 0 spiro atoms. The second-order valence-electron chi connectivity index (χ2n) is 4.62. The van der Waals surface area contributed by atoms with E-state index in [-0.39, 0.29) is 17.9 Å². The third kappa shape index (κ3) is 3.03. The van der Waals surface area contributed by atoms with Gasteiger partial charge in [0.2, 0.25) is 11.8 Å². The molecule has 0 bridgehead atoms. The Bertz CT molecular complexity index is 318. The van der Waals surface area contributed by atoms with Gasteiger partial charge in [-0.25, -0.2) is 0 Å². The van der Waals surface area contributed by atoms with E-state index in [1.807, 2.05) is 4.90 Å². The summed E-state index contributed by atoms with van der Waals surface area (Å²) in [6.45, 7) is 3.22. The lowest BCUT2D eigenvalue weighted by molar-refractivity contribution is -0.146. The third-order valence-corrected chi connectivity index (χ3v) is 3.89. The lowest BCUT2D eigenvalue weighted by Crippen LogP contribution is -2.51. The molecule has 2 heterocycles. The second-order valence-corrected chi connectivity index (χ2v) is 5.41. The molecule has 1 atom stereocenters. The molecule has 0 saturated carbocycles. The minimum Gasteiger partial charge on any atom is -0.378 e. The fraction of sp³-hybridized carbons (Fsp3) is 0.833. The van der Waals surface area contributed by atoms with Crippen molar-refractivity contribution in [2.75, 3.05) is 38.2 Å². The van der Waals surface area contributed by atoms with Crippen molar-refractivity contribution in [3.8, 4) is 0 Å². The summed E-state index contributed by atoms with van der Waals surface area (Å²) in [4.78, 5) is 27.9. The molecule has 5 nitrogen and oxygen atoms in total. The first-order valence-electron chi connectivity index (χ1n) is 6.46. The second kappa shape index (κ2) is 6.52. The molecule has 0 aromatic carbocycles. The summed E-state index contributed by atoms with van der Waals surface area (Å²) in [5.74, 6) is 0.176. The van der Waals surface area contributed by atoms with Gasteiger partial charge in [0, 0.05) is 31.4 Å². The first-order valence-corrected chi connectivity index (χ1v) is 7.58. The molecule has 2 aliphatic heterocycles. The van der Waals surface area contributed by atoms with Crippen LogP contribution in [0.2, 0.25) is 0 Å². The predicted octanol–water partition coefficient (Wildman–Crippen LogP) is 0.621. The van der Waals surface area contributed by atoms with Crippen molar-refractivity contribution in [3.63, 3.8) is 0 Å². The van der Waals surface area contributed by atoms with Crippen LogP contribution in [0.25, 0.3) is 0 Å². The fourth-order valence-electron chi connectivity index (χ4n) is 2.54. The Kier molecular flexibility index (Phi) is 5.00. The van der Waals surface area contributed by atoms with Gasteiger partial charge in [-0.1, -0.05) is 15.9 Å². The Morgan fingerprint density at radius 2 is 1.94 bits per heavy atom. The summed E-state index contributed by atoms with van der Waals surface area (Å²) >= 11 is 3.27. The first-order chi connectivity index (χ1) is 8.74. The number of nitrogens with zero attached hydrogens (tertiary/aromatic N) is 2. The lowest BCUT2D eigenvalue weighted by atomic mass is 10.1. The van der Waals surface area contributed by atoms with Gasteiger partial charge in [0.15, 0.2) is 0 Å². The molecular formula is C12H19BrN2O3. The van der Waals surface area contributed by atoms with E-state index in [4.69, 9.17) is 4.74 Å². The standard InChI is InChI=1S/C12H19BrN2O3/c13-4-3-11(16)15-5-1-2-10(15)12(17)14-6-8-18-9-7-14/h10H,1-9H2. The topological polar surface area (TPSA) is 49.9 Å². The highest BCUT2D eigenvalue weighted by molar-refractivity contribution is 9.09. The van der Waals surface area contributed by atoms with Gasteiger partial charge in [0.1, 0.15) is 6.04 Å². The number of ether oxygens (including phenoxy) is 1. The van der Waals surface area contributed by atoms with Crippen LogP contribution >= 0.6 is 15.9 Å². The molecule has 0 radical (unpaired) electrons. The van der Waals surface area contributed by atoms with E-state index in [1.165, 1.54) is 0 Å². The maximum Gasteiger partial charge on any atom is 0.245 e. The van der Waals surface area contributed by atoms with Crippen molar-refractivity contribution in [3.05, 3.63) is 0 Å². The van der Waals surface area contributed by atoms with Crippen molar-refractivity contribution in [1.82, 2.24) is 9.80 Å². The van der Waals surface area contributed by atoms with Crippen molar-refractivity contribution >= 4 is 27.7 Å². The summed E-state index contributed by atoms with van der Waals surface area (Å²) in [7, 11) is 0. The van der Waals surface area contributed by atoms with Gasteiger partial charge in [-0.15, -0.1) is 0 Å². The van der Waals surface area contributed by atoms with Crippen LogP contribution < -0.4 is 0 Å². The SMILES string of the molecule is O=C(C1CCCN1C(=O)CCBr)N1CCOCC1. The van der Waals surface area contributed by atoms with E-state index in [0.717, 1.165) is 12.8 Å². The molecule has 0 aromatic rings. The summed E-state index contributed by atoms with van der Waals surface area (Å²) < 4.78 is 5.24. The molecule has 2 amide bonds. The number of hydrogen-bond donors (Lipinski definition) is 0. The van der Waals surface area contributed by atoms with E-state index in [2.05, 4.69) is 15.9 Å². The number of rotatable bonds is 3. The summed E-state index contributed by atoms with van der Waals surface area (Å²) in [6, 6.07) is -0.241. The molecule has 2 rings (SSSR count). The van der Waals surface area contributed by atoms with Crippen LogP contribution in [0.15, 0.2) is 0 Å². The van der Waals surface area contributed by atoms with Crippen LogP contribution in [0.3, 0.4) is 0 Å². The van der Waals surface area contributed by atoms with E-state index in [1.54, 1.807) is 4.90 Å². The normalized spacial score (nSPS) is 24.4. The first kappa shape index (κ1) is 13.8. The molecule has 102 valence electrons. The molecule has 2 fully saturated rings. The molecule has 2 saturated heterocycles. The number of amides is 2. The third-order valence-electron chi connectivity index (χ3n) is 3.49. The van der Waals surface area contributed by atoms with Gasteiger partial charge >= 0.3 is 0 Å². The molecule has 0 aromatic heterocycles. The maximum absolute atomic E-state index is 12.4. The summed E-state index contributed by atoms with van der Waals surface area (Å²) in [6.07, 6.45) is 2.19. The quantitative estimate of drug-likeness (QED) is 0.717. The minimum absolute atomic E-state index is 0.0796. The Morgan fingerprint density at radius 3 is 2.61 bits per heavy atom. The molecule has 1 unspecified atom stereocenters. The molecule has 6 heteroatoms. The Balaban J connectivity index is 1.97. The maximum atomic E-state index is 12.4. The fourth-order valence-corrected chi connectivity index (χ4v) is 2.88. The van der Waals surface area contributed by atoms with Crippen molar-refractivity contribution in [2.24, 2.45) is 0 Å². The Morgan fingerprint density at radius 1 is 1.22 bits per heavy atom. The largest absolute Gasteiger partial charge is 0.378 e. The predicted molar refractivity (Wildman–Crippen MR) is 70.5 cm³/mol. The number of halogens is 1. The van der Waals surface area contributed by atoms with Gasteiger partial charge in [-0.3, -0.25) is 9.59 Å². The lowest BCUT2D eigenvalue weighted by Gasteiger charge is -2.32. The molecule has 18 heavy (non-hydrogen) atoms. The Labute approximate surface area is 116 Å². The molecule has 0 aliphatic carbocycles. The highest BCUT2D eigenvalue weighted by atomic mass is 79.9. The number of likely N-dealkylation sites (tertiary alicyclic amines) is 1. The average Bonchev–Trinajstić information content (AvgIpc) is 2.88. The number of carbonyl (C=O) groups is 2. The van der Waals surface area contributed by atoms with Crippen molar-refractivity contribution in [1.29, 1.82) is 0 Å². The smallest absolute Gasteiger partial charge is 0.245 e. The van der Waals surface area contributed by atoms with Gasteiger partial charge in [0.05, 0.1) is 13.2 Å². The summed E-state index contributed by atoms with van der Waals surface area (Å²) in [5.41, 5.74) is 0. The van der Waals surface area contributed by atoms with Gasteiger partial charge in [-0.2, -0.15) is 0 Å². The molecule has 2 aliphatic rings. The van der Waals surface area contributed by atoms with Crippen LogP contribution in [0.4, 0.5) is 0 Å². The summed E-state index contributed by atoms with van der Waals surface area (Å²) in [5, 5.41) is 0.654. The Hall–Kier alpha value is -0.620. The van der Waals surface area contributed by atoms with Crippen LogP contribution in [0.1, 0.15) is 19.3 Å². The van der Waals surface area contributed by atoms with Gasteiger partial charge in [-0.05, 0) is 12.8 Å². The highest BCUT2D eigenvalue weighted by Gasteiger charge is 2.36. The zero-order valence-electron chi connectivity index (χ0n) is 10.4. The highest BCUT2D eigenvalue weighted by Crippen LogP contribution is 2.21. The molecular weight excluding hydrogens is 300 g/mol. The zero-order chi connectivity index (χ0) is 13.0. The van der Waals surface area contributed by atoms with Crippen LogP contribution in [-0.2, 0) is 14.3 Å². The van der Waals surface area contributed by atoms with E-state index in [0.29, 0.717) is 44.6 Å². The van der Waals surface area contributed by atoms with E-state index in [9.17, 15) is 9.59 Å². The molecule has 0 N–H and O–H groups in total. The zero-order valence-corrected chi connectivity index (χ0v) is 12.0. The average molecular weight is 319 g/mol. The number of hydrogen-bond acceptors (Lipinski definition) is 3. The van der Waals surface area contributed by atoms with Crippen LogP contribution in [-0.4, -0.2) is 65.8 Å². The monoisotopic (exact) mass is 318 g/mol. The number of alkyl halides is 1. The van der Waals surface area contributed by atoms with Gasteiger partial charge < -0.3 is 14.5 Å². The van der Waals surface area contributed by atoms with E-state index < -0.39 is 0 Å².